The van der Waals surface area contributed by atoms with E-state index < -0.39 is 9.84 Å². The van der Waals surface area contributed by atoms with Crippen molar-refractivity contribution in [3.8, 4) is 5.75 Å². The number of carbonyl (C=O) groups is 1. The highest BCUT2D eigenvalue weighted by molar-refractivity contribution is 7.91. The number of nitrogens with zero attached hydrogens (tertiary/aromatic N) is 1. The summed E-state index contributed by atoms with van der Waals surface area (Å²) >= 11 is 0. The minimum absolute atomic E-state index is 0.0182. The van der Waals surface area contributed by atoms with E-state index in [9.17, 15) is 18.3 Å². The van der Waals surface area contributed by atoms with Gasteiger partial charge >= 0.3 is 0 Å². The first-order valence-corrected chi connectivity index (χ1v) is 8.26. The van der Waals surface area contributed by atoms with Crippen molar-refractivity contribution < 1.29 is 18.3 Å². The monoisotopic (exact) mass is 298 g/mol. The number of hydrogen-bond donors (Lipinski definition) is 2. The number of benzene rings is 1. The Hall–Kier alpha value is -1.76. The zero-order chi connectivity index (χ0) is 14.9. The number of anilines is 1. The number of amides is 1. The summed E-state index contributed by atoms with van der Waals surface area (Å²) in [7, 11) is -3.07. The maximum atomic E-state index is 12.5. The molecule has 1 aliphatic rings. The molecule has 1 unspecified atom stereocenters. The van der Waals surface area contributed by atoms with Crippen molar-refractivity contribution in [2.24, 2.45) is 0 Å². The first-order chi connectivity index (χ1) is 9.35. The lowest BCUT2D eigenvalue weighted by atomic mass is 10.1. The molecule has 0 radical (unpaired) electrons. The Morgan fingerprint density at radius 3 is 2.75 bits per heavy atom. The molecule has 0 saturated carbocycles. The van der Waals surface area contributed by atoms with Gasteiger partial charge in [0.05, 0.1) is 22.8 Å². The lowest BCUT2D eigenvalue weighted by Gasteiger charge is -2.27. The fraction of sp³-hybridized carbons (Fsp3) is 0.462. The SMILES string of the molecule is CCN(C(=O)c1cccc(N)c1O)C1CCS(=O)(=O)C1. The van der Waals surface area contributed by atoms with Crippen LogP contribution < -0.4 is 5.73 Å². The summed E-state index contributed by atoms with van der Waals surface area (Å²) in [5.74, 6) is -0.559. The van der Waals surface area contributed by atoms with Gasteiger partial charge in [0.25, 0.3) is 5.91 Å². The van der Waals surface area contributed by atoms with E-state index in [0.717, 1.165) is 0 Å². The lowest BCUT2D eigenvalue weighted by molar-refractivity contribution is 0.0705. The molecule has 20 heavy (non-hydrogen) atoms. The van der Waals surface area contributed by atoms with Crippen molar-refractivity contribution in [3.05, 3.63) is 23.8 Å². The molecule has 2 rings (SSSR count). The fourth-order valence-corrected chi connectivity index (χ4v) is 4.21. The number of rotatable bonds is 3. The van der Waals surface area contributed by atoms with Gasteiger partial charge < -0.3 is 15.7 Å². The summed E-state index contributed by atoms with van der Waals surface area (Å²) in [5, 5.41) is 9.87. The number of sulfone groups is 1. The second kappa shape index (κ2) is 5.32. The van der Waals surface area contributed by atoms with E-state index in [4.69, 9.17) is 5.73 Å². The summed E-state index contributed by atoms with van der Waals surface area (Å²) in [6, 6.07) is 4.24. The molecule has 0 aromatic heterocycles. The molecule has 1 aromatic rings. The maximum absolute atomic E-state index is 12.5. The van der Waals surface area contributed by atoms with E-state index in [-0.39, 0.29) is 40.5 Å². The Balaban J connectivity index is 2.28. The van der Waals surface area contributed by atoms with E-state index in [1.165, 1.54) is 17.0 Å². The molecule has 1 aromatic carbocycles. The first kappa shape index (κ1) is 14.6. The molecule has 1 amide bonds. The smallest absolute Gasteiger partial charge is 0.257 e. The standard InChI is InChI=1S/C13H18N2O4S/c1-2-15(9-6-7-20(18,19)8-9)13(17)10-4-3-5-11(14)12(10)16/h3-5,9,16H,2,6-8,14H2,1H3. The summed E-state index contributed by atoms with van der Waals surface area (Å²) < 4.78 is 23.1. The summed E-state index contributed by atoms with van der Waals surface area (Å²) in [6.45, 7) is 2.17. The molecule has 6 nitrogen and oxygen atoms in total. The minimum atomic E-state index is -3.07. The van der Waals surface area contributed by atoms with Crippen LogP contribution in [0.1, 0.15) is 23.7 Å². The number of phenolic OH excluding ortho intramolecular Hbond substituents is 1. The molecule has 1 saturated heterocycles. The number of carbonyl (C=O) groups excluding carboxylic acids is 1. The van der Waals surface area contributed by atoms with E-state index in [1.807, 2.05) is 0 Å². The second-order valence-electron chi connectivity index (χ2n) is 4.89. The minimum Gasteiger partial charge on any atom is -0.505 e. The van der Waals surface area contributed by atoms with Gasteiger partial charge in [0.15, 0.2) is 15.6 Å². The highest BCUT2D eigenvalue weighted by atomic mass is 32.2. The van der Waals surface area contributed by atoms with Crippen LogP contribution in [-0.4, -0.2) is 48.4 Å². The van der Waals surface area contributed by atoms with Crippen molar-refractivity contribution in [2.75, 3.05) is 23.8 Å². The second-order valence-corrected chi connectivity index (χ2v) is 7.12. The molecular weight excluding hydrogens is 280 g/mol. The van der Waals surface area contributed by atoms with Crippen molar-refractivity contribution in [2.45, 2.75) is 19.4 Å². The van der Waals surface area contributed by atoms with Crippen molar-refractivity contribution in [3.63, 3.8) is 0 Å². The number of para-hydroxylation sites is 1. The Bertz CT molecular complexity index is 627. The third kappa shape index (κ3) is 2.72. The number of hydrogen-bond acceptors (Lipinski definition) is 5. The van der Waals surface area contributed by atoms with Gasteiger partial charge in [0, 0.05) is 12.6 Å². The zero-order valence-electron chi connectivity index (χ0n) is 11.2. The molecule has 1 atom stereocenters. The Morgan fingerprint density at radius 2 is 2.20 bits per heavy atom. The average Bonchev–Trinajstić information content (AvgIpc) is 2.74. The van der Waals surface area contributed by atoms with Crippen LogP contribution in [0.25, 0.3) is 0 Å². The first-order valence-electron chi connectivity index (χ1n) is 6.44. The molecule has 1 heterocycles. The number of aromatic hydroxyl groups is 1. The number of phenols is 1. The van der Waals surface area contributed by atoms with Crippen molar-refractivity contribution >= 4 is 21.4 Å². The third-order valence-corrected chi connectivity index (χ3v) is 5.30. The van der Waals surface area contributed by atoms with E-state index >= 15 is 0 Å². The molecular formula is C13H18N2O4S. The quantitative estimate of drug-likeness (QED) is 0.629. The van der Waals surface area contributed by atoms with Crippen LogP contribution in [0.3, 0.4) is 0 Å². The van der Waals surface area contributed by atoms with Crippen LogP contribution in [0, 0.1) is 0 Å². The Kier molecular flexibility index (Phi) is 3.89. The topological polar surface area (TPSA) is 101 Å². The van der Waals surface area contributed by atoms with Gasteiger partial charge in [0.2, 0.25) is 0 Å². The number of nitrogen functional groups attached to an aromatic ring is 1. The molecule has 1 aliphatic heterocycles. The molecule has 0 aliphatic carbocycles. The maximum Gasteiger partial charge on any atom is 0.257 e. The predicted molar refractivity (Wildman–Crippen MR) is 76.3 cm³/mol. The van der Waals surface area contributed by atoms with Crippen LogP contribution in [0.5, 0.6) is 5.75 Å². The van der Waals surface area contributed by atoms with Crippen molar-refractivity contribution in [1.82, 2.24) is 4.90 Å². The molecule has 110 valence electrons. The van der Waals surface area contributed by atoms with Gasteiger partial charge in [-0.05, 0) is 25.5 Å². The molecule has 0 bridgehead atoms. The van der Waals surface area contributed by atoms with Gasteiger partial charge in [-0.25, -0.2) is 8.42 Å². The third-order valence-electron chi connectivity index (χ3n) is 3.55. The highest BCUT2D eigenvalue weighted by Gasteiger charge is 2.34. The predicted octanol–water partition coefficient (Wildman–Crippen LogP) is 0.624. The Labute approximate surface area is 118 Å². The van der Waals surface area contributed by atoms with Crippen molar-refractivity contribution in [1.29, 1.82) is 0 Å². The van der Waals surface area contributed by atoms with Gasteiger partial charge in [-0.3, -0.25) is 4.79 Å². The lowest BCUT2D eigenvalue weighted by Crippen LogP contribution is -2.41. The van der Waals surface area contributed by atoms with E-state index in [0.29, 0.717) is 13.0 Å². The number of nitrogens with two attached hydrogens (primary N) is 1. The van der Waals surface area contributed by atoms with Gasteiger partial charge in [0.1, 0.15) is 0 Å². The van der Waals surface area contributed by atoms with Crippen LogP contribution in [0.15, 0.2) is 18.2 Å². The van der Waals surface area contributed by atoms with E-state index in [2.05, 4.69) is 0 Å². The average molecular weight is 298 g/mol. The Morgan fingerprint density at radius 1 is 1.50 bits per heavy atom. The summed E-state index contributed by atoms with van der Waals surface area (Å²) in [5.41, 5.74) is 5.82. The summed E-state index contributed by atoms with van der Waals surface area (Å²) in [6.07, 6.45) is 0.436. The highest BCUT2D eigenvalue weighted by Crippen LogP contribution is 2.27. The van der Waals surface area contributed by atoms with Gasteiger partial charge in [-0.1, -0.05) is 6.07 Å². The molecule has 1 fully saturated rings. The van der Waals surface area contributed by atoms with Crippen LogP contribution >= 0.6 is 0 Å². The molecule has 0 spiro atoms. The van der Waals surface area contributed by atoms with Crippen LogP contribution in [0.2, 0.25) is 0 Å². The largest absolute Gasteiger partial charge is 0.505 e. The normalized spacial score (nSPS) is 20.8. The van der Waals surface area contributed by atoms with E-state index in [1.54, 1.807) is 13.0 Å². The molecule has 7 heteroatoms. The fourth-order valence-electron chi connectivity index (χ4n) is 2.48. The molecule has 3 N–H and O–H groups in total. The van der Waals surface area contributed by atoms with Gasteiger partial charge in [-0.15, -0.1) is 0 Å². The van der Waals surface area contributed by atoms with Crippen LogP contribution in [-0.2, 0) is 9.84 Å². The zero-order valence-corrected chi connectivity index (χ0v) is 12.1. The van der Waals surface area contributed by atoms with Gasteiger partial charge in [-0.2, -0.15) is 0 Å². The van der Waals surface area contributed by atoms with Crippen LogP contribution in [0.4, 0.5) is 5.69 Å². The summed E-state index contributed by atoms with van der Waals surface area (Å²) in [4.78, 5) is 13.9.